The zero-order chi connectivity index (χ0) is 15.6. The number of rotatable bonds is 6. The van der Waals surface area contributed by atoms with Gasteiger partial charge in [0.2, 0.25) is 10.0 Å². The van der Waals surface area contributed by atoms with Crippen LogP contribution in [0.25, 0.3) is 5.65 Å². The molecule has 2 heterocycles. The summed E-state index contributed by atoms with van der Waals surface area (Å²) < 4.78 is 26.2. The highest BCUT2D eigenvalue weighted by Crippen LogP contribution is 2.25. The smallest absolute Gasteiger partial charge is 0.213 e. The van der Waals surface area contributed by atoms with E-state index in [-0.39, 0.29) is 5.75 Å². The van der Waals surface area contributed by atoms with Crippen LogP contribution in [0, 0.1) is 0 Å². The van der Waals surface area contributed by atoms with E-state index >= 15 is 0 Å². The normalized spacial score (nSPS) is 12.4. The Morgan fingerprint density at radius 2 is 2.05 bits per heavy atom. The topological polar surface area (TPSA) is 67.6 Å². The Morgan fingerprint density at radius 1 is 1.33 bits per heavy atom. The number of fused-ring (bicyclic) bond motifs is 1. The van der Waals surface area contributed by atoms with Crippen molar-refractivity contribution in [3.63, 3.8) is 0 Å². The summed E-state index contributed by atoms with van der Waals surface area (Å²) in [6, 6.07) is 1.60. The van der Waals surface area contributed by atoms with E-state index in [2.05, 4.69) is 10.2 Å². The second kappa shape index (κ2) is 6.70. The number of hydrogen-bond donors (Lipinski definition) is 0. The van der Waals surface area contributed by atoms with Gasteiger partial charge in [-0.1, -0.05) is 35.0 Å². The molecule has 116 valence electrons. The molecule has 0 atom stereocenters. The molecule has 10 heteroatoms. The summed E-state index contributed by atoms with van der Waals surface area (Å²) in [6.07, 6.45) is 2.20. The fourth-order valence-corrected chi connectivity index (χ4v) is 4.00. The van der Waals surface area contributed by atoms with Crippen LogP contribution in [0.4, 0.5) is 0 Å². The standard InChI is InChI=1S/C11H14Cl2N4O2S2/c1-16(2)21(18,19)5-3-4-20-11-15-14-10-9(13)6-8(12)7-17(10)11/h6-7H,3-5H2,1-2H3. The predicted octanol–water partition coefficient (Wildman–Crippen LogP) is 2.41. The van der Waals surface area contributed by atoms with Gasteiger partial charge in [0.25, 0.3) is 0 Å². The van der Waals surface area contributed by atoms with Gasteiger partial charge >= 0.3 is 0 Å². The number of thioether (sulfide) groups is 1. The van der Waals surface area contributed by atoms with Crippen LogP contribution in [0.5, 0.6) is 0 Å². The van der Waals surface area contributed by atoms with Gasteiger partial charge in [0.15, 0.2) is 10.8 Å². The van der Waals surface area contributed by atoms with Crippen LogP contribution in [0.15, 0.2) is 17.4 Å². The third kappa shape index (κ3) is 4.01. The first kappa shape index (κ1) is 16.8. The van der Waals surface area contributed by atoms with Gasteiger partial charge in [0, 0.05) is 26.0 Å². The maximum absolute atomic E-state index is 11.6. The molecular formula is C11H14Cl2N4O2S2. The van der Waals surface area contributed by atoms with Crippen molar-refractivity contribution in [3.05, 3.63) is 22.3 Å². The quantitative estimate of drug-likeness (QED) is 0.578. The molecule has 0 aromatic carbocycles. The van der Waals surface area contributed by atoms with Crippen LogP contribution in [-0.4, -0.2) is 52.9 Å². The van der Waals surface area contributed by atoms with Crippen molar-refractivity contribution in [2.24, 2.45) is 0 Å². The number of pyridine rings is 1. The minimum absolute atomic E-state index is 0.102. The van der Waals surface area contributed by atoms with Crippen molar-refractivity contribution < 1.29 is 8.42 Å². The molecule has 2 rings (SSSR count). The number of aromatic nitrogens is 3. The predicted molar refractivity (Wildman–Crippen MR) is 85.8 cm³/mol. The molecular weight excluding hydrogens is 355 g/mol. The van der Waals surface area contributed by atoms with Gasteiger partial charge < -0.3 is 0 Å². The van der Waals surface area contributed by atoms with Gasteiger partial charge in [-0.3, -0.25) is 4.40 Å². The van der Waals surface area contributed by atoms with Crippen LogP contribution in [0.2, 0.25) is 10.0 Å². The SMILES string of the molecule is CN(C)S(=O)(=O)CCCSc1nnc2c(Cl)cc(Cl)cn12. The van der Waals surface area contributed by atoms with Gasteiger partial charge in [-0.15, -0.1) is 10.2 Å². The fraction of sp³-hybridized carbons (Fsp3) is 0.455. The van der Waals surface area contributed by atoms with Crippen molar-refractivity contribution in [1.82, 2.24) is 18.9 Å². The average molecular weight is 369 g/mol. The van der Waals surface area contributed by atoms with Crippen LogP contribution >= 0.6 is 35.0 Å². The summed E-state index contributed by atoms with van der Waals surface area (Å²) in [6.45, 7) is 0. The highest BCUT2D eigenvalue weighted by molar-refractivity contribution is 7.99. The monoisotopic (exact) mass is 368 g/mol. The van der Waals surface area contributed by atoms with Crippen molar-refractivity contribution >= 4 is 50.6 Å². The minimum atomic E-state index is -3.16. The number of hydrogen-bond acceptors (Lipinski definition) is 5. The third-order valence-electron chi connectivity index (χ3n) is 2.73. The summed E-state index contributed by atoms with van der Waals surface area (Å²) in [4.78, 5) is 0. The number of halogens is 2. The molecule has 0 amide bonds. The molecule has 21 heavy (non-hydrogen) atoms. The van der Waals surface area contributed by atoms with E-state index in [9.17, 15) is 8.42 Å². The first-order valence-corrected chi connectivity index (χ1v) is 9.39. The fourth-order valence-electron chi connectivity index (χ4n) is 1.59. The molecule has 0 bridgehead atoms. The first-order valence-electron chi connectivity index (χ1n) is 6.04. The lowest BCUT2D eigenvalue weighted by Crippen LogP contribution is -2.25. The van der Waals surface area contributed by atoms with E-state index in [1.54, 1.807) is 16.7 Å². The van der Waals surface area contributed by atoms with Gasteiger partial charge in [-0.2, -0.15) is 0 Å². The largest absolute Gasteiger partial charge is 0.275 e. The van der Waals surface area contributed by atoms with Gasteiger partial charge in [-0.05, 0) is 12.5 Å². The molecule has 0 saturated heterocycles. The minimum Gasteiger partial charge on any atom is -0.275 e. The first-order chi connectivity index (χ1) is 9.81. The van der Waals surface area contributed by atoms with Crippen LogP contribution < -0.4 is 0 Å². The maximum Gasteiger partial charge on any atom is 0.213 e. The van der Waals surface area contributed by atoms with Crippen molar-refractivity contribution in [3.8, 4) is 0 Å². The summed E-state index contributed by atoms with van der Waals surface area (Å²) in [5.41, 5.74) is 0.532. The zero-order valence-corrected chi connectivity index (χ0v) is 14.6. The highest BCUT2D eigenvalue weighted by atomic mass is 35.5. The number of nitrogens with zero attached hydrogens (tertiary/aromatic N) is 4. The average Bonchev–Trinajstić information content (AvgIpc) is 2.78. The van der Waals surface area contributed by atoms with Gasteiger partial charge in [-0.25, -0.2) is 12.7 Å². The molecule has 0 aliphatic heterocycles. The Kier molecular flexibility index (Phi) is 5.37. The molecule has 0 aliphatic rings. The maximum atomic E-state index is 11.6. The summed E-state index contributed by atoms with van der Waals surface area (Å²) in [5, 5.41) is 9.58. The molecule has 0 N–H and O–H groups in total. The molecule has 0 saturated carbocycles. The van der Waals surface area contributed by atoms with E-state index in [1.807, 2.05) is 0 Å². The lowest BCUT2D eigenvalue weighted by atomic mass is 10.5. The van der Waals surface area contributed by atoms with E-state index in [4.69, 9.17) is 23.2 Å². The van der Waals surface area contributed by atoms with Gasteiger partial charge in [0.1, 0.15) is 0 Å². The van der Waals surface area contributed by atoms with Gasteiger partial charge in [0.05, 0.1) is 15.8 Å². The molecule has 6 nitrogen and oxygen atoms in total. The van der Waals surface area contributed by atoms with Crippen LogP contribution in [0.3, 0.4) is 0 Å². The summed E-state index contributed by atoms with van der Waals surface area (Å²) >= 11 is 13.4. The third-order valence-corrected chi connectivity index (χ3v) is 6.16. The Morgan fingerprint density at radius 3 is 2.71 bits per heavy atom. The lowest BCUT2D eigenvalue weighted by Gasteiger charge is -2.10. The molecule has 0 fully saturated rings. The van der Waals surface area contributed by atoms with E-state index in [0.717, 1.165) is 0 Å². The molecule has 0 aliphatic carbocycles. The Labute approximate surface area is 137 Å². The Bertz CT molecular complexity index is 746. The lowest BCUT2D eigenvalue weighted by molar-refractivity contribution is 0.520. The Hall–Kier alpha value is -0.540. The van der Waals surface area contributed by atoms with Crippen molar-refractivity contribution in [2.75, 3.05) is 25.6 Å². The molecule has 2 aromatic heterocycles. The zero-order valence-electron chi connectivity index (χ0n) is 11.5. The molecule has 0 unspecified atom stereocenters. The highest BCUT2D eigenvalue weighted by Gasteiger charge is 2.14. The molecule has 0 radical (unpaired) electrons. The second-order valence-electron chi connectivity index (χ2n) is 4.48. The van der Waals surface area contributed by atoms with Crippen molar-refractivity contribution in [1.29, 1.82) is 0 Å². The molecule has 2 aromatic rings. The van der Waals surface area contributed by atoms with Crippen molar-refractivity contribution in [2.45, 2.75) is 11.6 Å². The van der Waals surface area contributed by atoms with Crippen LogP contribution in [-0.2, 0) is 10.0 Å². The van der Waals surface area contributed by atoms with E-state index in [0.29, 0.717) is 33.0 Å². The Balaban J connectivity index is 2.02. The summed E-state index contributed by atoms with van der Waals surface area (Å²) in [7, 11) is -0.108. The second-order valence-corrected chi connectivity index (χ2v) is 8.69. The number of sulfonamides is 1. The van der Waals surface area contributed by atoms with E-state index in [1.165, 1.54) is 30.2 Å². The summed E-state index contributed by atoms with van der Waals surface area (Å²) in [5.74, 6) is 0.712. The van der Waals surface area contributed by atoms with Crippen LogP contribution in [0.1, 0.15) is 6.42 Å². The molecule has 0 spiro atoms. The van der Waals surface area contributed by atoms with E-state index < -0.39 is 10.0 Å².